The Morgan fingerprint density at radius 2 is 2.06 bits per heavy atom. The molecule has 0 bridgehead atoms. The van der Waals surface area contributed by atoms with Crippen molar-refractivity contribution in [2.24, 2.45) is 0 Å². The van der Waals surface area contributed by atoms with Gasteiger partial charge in [-0.05, 0) is 37.5 Å². The number of rotatable bonds is 2. The molecule has 2 heterocycles. The van der Waals surface area contributed by atoms with Gasteiger partial charge in [0.15, 0.2) is 5.82 Å². The second kappa shape index (κ2) is 4.08. The van der Waals surface area contributed by atoms with Gasteiger partial charge >= 0.3 is 0 Å². The minimum absolute atomic E-state index is 0.499. The zero-order chi connectivity index (χ0) is 11.8. The summed E-state index contributed by atoms with van der Waals surface area (Å²) in [5.74, 6) is 1.19. The Morgan fingerprint density at radius 1 is 1.24 bits per heavy atom. The minimum Gasteiger partial charge on any atom is -0.253 e. The van der Waals surface area contributed by atoms with Gasteiger partial charge in [0.25, 0.3) is 0 Å². The van der Waals surface area contributed by atoms with E-state index in [4.69, 9.17) is 11.6 Å². The first-order valence-corrected chi connectivity index (χ1v) is 6.08. The second-order valence-electron chi connectivity index (χ2n) is 4.43. The maximum Gasteiger partial charge on any atom is 0.179 e. The molecule has 17 heavy (non-hydrogen) atoms. The Bertz CT molecular complexity index is 547. The van der Waals surface area contributed by atoms with E-state index in [2.05, 4.69) is 15.0 Å². The molecule has 0 N–H and O–H groups in total. The zero-order valence-electron chi connectivity index (χ0n) is 9.52. The third-order valence-corrected chi connectivity index (χ3v) is 3.04. The number of aryl methyl sites for hydroxylation is 1. The van der Waals surface area contributed by atoms with Crippen LogP contribution in [0.4, 0.5) is 0 Å². The first kappa shape index (κ1) is 10.7. The molecule has 3 rings (SSSR count). The predicted molar refractivity (Wildman–Crippen MR) is 67.0 cm³/mol. The molecule has 0 saturated heterocycles. The monoisotopic (exact) mass is 245 g/mol. The smallest absolute Gasteiger partial charge is 0.179 e. The Kier molecular flexibility index (Phi) is 2.56. The highest BCUT2D eigenvalue weighted by molar-refractivity contribution is 6.29. The number of halogens is 1. The fourth-order valence-electron chi connectivity index (χ4n) is 1.74. The summed E-state index contributed by atoms with van der Waals surface area (Å²) in [6.45, 7) is 2.01. The Labute approximate surface area is 105 Å². The van der Waals surface area contributed by atoms with Crippen molar-refractivity contribution in [3.05, 3.63) is 40.8 Å². The number of nitrogens with zero attached hydrogens (tertiary/aromatic N) is 3. The molecular formula is C13H12ClN3. The van der Waals surface area contributed by atoms with Gasteiger partial charge in [-0.2, -0.15) is 0 Å². The summed E-state index contributed by atoms with van der Waals surface area (Å²) in [6.07, 6.45) is 4.22. The first-order valence-electron chi connectivity index (χ1n) is 5.70. The Hall–Kier alpha value is -1.48. The summed E-state index contributed by atoms with van der Waals surface area (Å²) in [5.41, 5.74) is 2.94. The van der Waals surface area contributed by atoms with Crippen molar-refractivity contribution in [1.82, 2.24) is 15.0 Å². The predicted octanol–water partition coefficient (Wildman–Crippen LogP) is 3.38. The highest BCUT2D eigenvalue weighted by Crippen LogP contribution is 2.39. The van der Waals surface area contributed by atoms with Gasteiger partial charge in [-0.1, -0.05) is 17.7 Å². The van der Waals surface area contributed by atoms with Crippen molar-refractivity contribution in [2.75, 3.05) is 0 Å². The number of hydrogen-bond donors (Lipinski definition) is 0. The summed E-state index contributed by atoms with van der Waals surface area (Å²) >= 11 is 6.02. The van der Waals surface area contributed by atoms with Gasteiger partial charge < -0.3 is 0 Å². The minimum atomic E-state index is 0.499. The van der Waals surface area contributed by atoms with Crippen LogP contribution in [0.2, 0.25) is 5.15 Å². The molecule has 4 heteroatoms. The van der Waals surface area contributed by atoms with Gasteiger partial charge in [-0.25, -0.2) is 9.97 Å². The first-order chi connectivity index (χ1) is 8.22. The van der Waals surface area contributed by atoms with Crippen LogP contribution in [0.15, 0.2) is 24.4 Å². The van der Waals surface area contributed by atoms with Crippen molar-refractivity contribution in [1.29, 1.82) is 0 Å². The second-order valence-corrected chi connectivity index (χ2v) is 4.82. The summed E-state index contributed by atoms with van der Waals surface area (Å²) in [6, 6.07) is 5.79. The lowest BCUT2D eigenvalue weighted by molar-refractivity contribution is 0.987. The maximum absolute atomic E-state index is 6.02. The summed E-state index contributed by atoms with van der Waals surface area (Å²) in [4.78, 5) is 13.1. The summed E-state index contributed by atoms with van der Waals surface area (Å²) in [5, 5.41) is 0.499. The molecule has 0 atom stereocenters. The molecule has 1 saturated carbocycles. The molecule has 1 aliphatic rings. The average Bonchev–Trinajstić information content (AvgIpc) is 3.13. The molecule has 1 fully saturated rings. The fraction of sp³-hybridized carbons (Fsp3) is 0.308. The Balaban J connectivity index is 2.04. The van der Waals surface area contributed by atoms with Crippen LogP contribution < -0.4 is 0 Å². The number of pyridine rings is 1. The van der Waals surface area contributed by atoms with E-state index in [1.807, 2.05) is 31.3 Å². The van der Waals surface area contributed by atoms with Crippen LogP contribution in [-0.4, -0.2) is 15.0 Å². The lowest BCUT2D eigenvalue weighted by Crippen LogP contribution is -1.96. The van der Waals surface area contributed by atoms with Crippen molar-refractivity contribution in [3.8, 4) is 11.5 Å². The van der Waals surface area contributed by atoms with E-state index in [1.165, 1.54) is 12.8 Å². The largest absolute Gasteiger partial charge is 0.253 e. The van der Waals surface area contributed by atoms with E-state index >= 15 is 0 Å². The lowest BCUT2D eigenvalue weighted by atomic mass is 10.2. The van der Waals surface area contributed by atoms with E-state index in [1.54, 1.807) is 0 Å². The van der Waals surface area contributed by atoms with Crippen molar-refractivity contribution in [3.63, 3.8) is 0 Å². The van der Waals surface area contributed by atoms with Gasteiger partial charge in [-0.3, -0.25) is 4.98 Å². The van der Waals surface area contributed by atoms with Crippen LogP contribution in [0.5, 0.6) is 0 Å². The molecule has 1 aliphatic carbocycles. The van der Waals surface area contributed by atoms with Gasteiger partial charge in [0.2, 0.25) is 0 Å². The normalized spacial score (nSPS) is 14.9. The van der Waals surface area contributed by atoms with Crippen molar-refractivity contribution in [2.45, 2.75) is 25.7 Å². The van der Waals surface area contributed by atoms with Crippen LogP contribution in [-0.2, 0) is 0 Å². The zero-order valence-corrected chi connectivity index (χ0v) is 10.3. The number of aromatic nitrogens is 3. The van der Waals surface area contributed by atoms with Crippen molar-refractivity contribution < 1.29 is 0 Å². The molecule has 0 amide bonds. The van der Waals surface area contributed by atoms with E-state index in [-0.39, 0.29) is 0 Å². The highest BCUT2D eigenvalue weighted by atomic mass is 35.5. The van der Waals surface area contributed by atoms with Gasteiger partial charge in [0.1, 0.15) is 10.8 Å². The maximum atomic E-state index is 6.02. The van der Waals surface area contributed by atoms with Gasteiger partial charge in [0.05, 0.1) is 0 Å². The van der Waals surface area contributed by atoms with E-state index in [0.29, 0.717) is 16.9 Å². The highest BCUT2D eigenvalue weighted by Gasteiger charge is 2.26. The molecule has 0 spiro atoms. The average molecular weight is 246 g/mol. The van der Waals surface area contributed by atoms with Crippen LogP contribution in [0.3, 0.4) is 0 Å². The van der Waals surface area contributed by atoms with E-state index in [9.17, 15) is 0 Å². The molecule has 86 valence electrons. The summed E-state index contributed by atoms with van der Waals surface area (Å²) in [7, 11) is 0. The SMILES string of the molecule is Cc1ccc(-c2nc(Cl)cc(C3CC3)n2)nc1. The third kappa shape index (κ3) is 2.29. The Morgan fingerprint density at radius 3 is 2.71 bits per heavy atom. The van der Waals surface area contributed by atoms with Crippen LogP contribution >= 0.6 is 11.6 Å². The van der Waals surface area contributed by atoms with Gasteiger partial charge in [0, 0.05) is 17.8 Å². The van der Waals surface area contributed by atoms with E-state index in [0.717, 1.165) is 17.0 Å². The summed E-state index contributed by atoms with van der Waals surface area (Å²) < 4.78 is 0. The molecule has 0 unspecified atom stereocenters. The fourth-order valence-corrected chi connectivity index (χ4v) is 1.93. The van der Waals surface area contributed by atoms with E-state index < -0.39 is 0 Å². The van der Waals surface area contributed by atoms with Crippen molar-refractivity contribution >= 4 is 11.6 Å². The van der Waals surface area contributed by atoms with Crippen LogP contribution in [0.25, 0.3) is 11.5 Å². The van der Waals surface area contributed by atoms with Gasteiger partial charge in [-0.15, -0.1) is 0 Å². The molecule has 2 aromatic heterocycles. The third-order valence-electron chi connectivity index (χ3n) is 2.85. The lowest BCUT2D eigenvalue weighted by Gasteiger charge is -2.03. The molecular weight excluding hydrogens is 234 g/mol. The topological polar surface area (TPSA) is 38.7 Å². The molecule has 0 aromatic carbocycles. The molecule has 2 aromatic rings. The molecule has 0 radical (unpaired) electrons. The quantitative estimate of drug-likeness (QED) is 0.762. The molecule has 3 nitrogen and oxygen atoms in total. The number of hydrogen-bond acceptors (Lipinski definition) is 3. The molecule has 0 aliphatic heterocycles. The van der Waals surface area contributed by atoms with Crippen LogP contribution in [0, 0.1) is 6.92 Å². The van der Waals surface area contributed by atoms with Crippen LogP contribution in [0.1, 0.15) is 30.0 Å². The standard InChI is InChI=1S/C13H12ClN3/c1-8-2-5-10(15-7-8)13-16-11(9-3-4-9)6-12(14)17-13/h2,5-7,9H,3-4H2,1H3.